The van der Waals surface area contributed by atoms with Gasteiger partial charge in [0.2, 0.25) is 0 Å². The fourth-order valence-corrected chi connectivity index (χ4v) is 5.21. The molecule has 0 saturated heterocycles. The summed E-state index contributed by atoms with van der Waals surface area (Å²) >= 11 is 0. The minimum absolute atomic E-state index is 0.255. The minimum Gasteiger partial charge on any atom is -0.0654 e. The van der Waals surface area contributed by atoms with Crippen LogP contribution in [0.2, 0.25) is 0 Å². The number of hydrogen-bond donors (Lipinski definition) is 0. The van der Waals surface area contributed by atoms with E-state index in [-0.39, 0.29) is 10.8 Å². The van der Waals surface area contributed by atoms with E-state index in [1.54, 1.807) is 16.7 Å². The smallest absolute Gasteiger partial charge is 0.0100 e. The number of unbranched alkanes of at least 4 members (excludes halogenated alkanes) is 5. The first kappa shape index (κ1) is 23.8. The van der Waals surface area contributed by atoms with Gasteiger partial charge in [-0.2, -0.15) is 0 Å². The Labute approximate surface area is 192 Å². The lowest BCUT2D eigenvalue weighted by molar-refractivity contribution is 0.331. The van der Waals surface area contributed by atoms with Crippen LogP contribution in [0, 0.1) is 0 Å². The van der Waals surface area contributed by atoms with E-state index in [1.807, 2.05) is 0 Å². The minimum atomic E-state index is 0.255. The second kappa shape index (κ2) is 10.2. The van der Waals surface area contributed by atoms with E-state index < -0.39 is 0 Å². The van der Waals surface area contributed by atoms with Crippen molar-refractivity contribution in [2.24, 2.45) is 0 Å². The maximum atomic E-state index is 2.60. The third-order valence-electron chi connectivity index (χ3n) is 7.48. The van der Waals surface area contributed by atoms with Crippen LogP contribution in [-0.4, -0.2) is 0 Å². The molecule has 0 aromatic heterocycles. The van der Waals surface area contributed by atoms with Crippen molar-refractivity contribution >= 4 is 11.6 Å². The largest absolute Gasteiger partial charge is 0.0654 e. The van der Waals surface area contributed by atoms with Gasteiger partial charge in [-0.05, 0) is 76.8 Å². The number of benzene rings is 2. The molecule has 0 amide bonds. The van der Waals surface area contributed by atoms with E-state index in [1.165, 1.54) is 74.5 Å². The van der Waals surface area contributed by atoms with Crippen molar-refractivity contribution in [2.75, 3.05) is 0 Å². The molecule has 3 rings (SSSR count). The third kappa shape index (κ3) is 5.91. The summed E-state index contributed by atoms with van der Waals surface area (Å²) in [7, 11) is 0. The molecule has 0 nitrogen and oxygen atoms in total. The number of hydrogen-bond acceptors (Lipinski definition) is 0. The second-order valence-corrected chi connectivity index (χ2v) is 11.1. The molecule has 2 aromatic carbocycles. The van der Waals surface area contributed by atoms with Crippen LogP contribution in [0.5, 0.6) is 0 Å². The molecule has 168 valence electrons. The number of rotatable bonds is 9. The van der Waals surface area contributed by atoms with Gasteiger partial charge in [0, 0.05) is 0 Å². The summed E-state index contributed by atoms with van der Waals surface area (Å²) in [6.07, 6.45) is 14.2. The lowest BCUT2D eigenvalue weighted by atomic mass is 9.62. The van der Waals surface area contributed by atoms with Crippen molar-refractivity contribution in [3.63, 3.8) is 0 Å². The Morgan fingerprint density at radius 3 is 2.03 bits per heavy atom. The van der Waals surface area contributed by atoms with Gasteiger partial charge in [0.25, 0.3) is 0 Å². The highest BCUT2D eigenvalue weighted by Crippen LogP contribution is 2.47. The van der Waals surface area contributed by atoms with E-state index in [0.29, 0.717) is 0 Å². The quantitative estimate of drug-likeness (QED) is 0.282. The average Bonchev–Trinajstić information content (AvgIpc) is 2.74. The predicted molar refractivity (Wildman–Crippen MR) is 139 cm³/mol. The molecule has 1 aliphatic rings. The maximum absolute atomic E-state index is 2.60. The van der Waals surface area contributed by atoms with Gasteiger partial charge in [-0.25, -0.2) is 0 Å². The summed E-state index contributed by atoms with van der Waals surface area (Å²) in [6.45, 7) is 14.4. The number of allylic oxidation sites excluding steroid dienone is 1. The SMILES string of the molecule is CCCCCCCCc1cc2c(cc1/C(C)=C/c1ccccc1)C(C)(C)CCC2(C)C. The molecule has 0 bridgehead atoms. The zero-order chi connectivity index (χ0) is 22.5. The molecule has 0 spiro atoms. The molecule has 0 aliphatic heterocycles. The highest BCUT2D eigenvalue weighted by molar-refractivity contribution is 5.82. The molecular weight excluding hydrogens is 372 g/mol. The van der Waals surface area contributed by atoms with Gasteiger partial charge in [0.1, 0.15) is 0 Å². The fourth-order valence-electron chi connectivity index (χ4n) is 5.21. The van der Waals surface area contributed by atoms with Crippen molar-refractivity contribution in [1.82, 2.24) is 0 Å². The Morgan fingerprint density at radius 2 is 1.39 bits per heavy atom. The number of aryl methyl sites for hydroxylation is 1. The van der Waals surface area contributed by atoms with Gasteiger partial charge in [-0.3, -0.25) is 0 Å². The molecule has 0 heterocycles. The predicted octanol–water partition coefficient (Wildman–Crippen LogP) is 9.50. The van der Waals surface area contributed by atoms with Gasteiger partial charge in [-0.1, -0.05) is 115 Å². The summed E-state index contributed by atoms with van der Waals surface area (Å²) < 4.78 is 0. The van der Waals surface area contributed by atoms with Gasteiger partial charge in [-0.15, -0.1) is 0 Å². The molecule has 2 aromatic rings. The van der Waals surface area contributed by atoms with Crippen LogP contribution in [0.4, 0.5) is 0 Å². The van der Waals surface area contributed by atoms with Crippen molar-refractivity contribution in [3.8, 4) is 0 Å². The fraction of sp³-hybridized carbons (Fsp3) is 0.548. The Hall–Kier alpha value is -1.82. The Kier molecular flexibility index (Phi) is 7.84. The normalized spacial score (nSPS) is 17.4. The van der Waals surface area contributed by atoms with E-state index in [0.717, 1.165) is 0 Å². The Morgan fingerprint density at radius 1 is 0.806 bits per heavy atom. The Bertz CT molecular complexity index is 880. The molecule has 0 fully saturated rings. The first-order valence-electron chi connectivity index (χ1n) is 12.7. The highest BCUT2D eigenvalue weighted by atomic mass is 14.4. The lowest BCUT2D eigenvalue weighted by Crippen LogP contribution is -2.34. The zero-order valence-electron chi connectivity index (χ0n) is 21.0. The average molecular weight is 417 g/mol. The van der Waals surface area contributed by atoms with Gasteiger partial charge in [0.05, 0.1) is 0 Å². The van der Waals surface area contributed by atoms with E-state index in [9.17, 15) is 0 Å². The van der Waals surface area contributed by atoms with Crippen molar-refractivity contribution < 1.29 is 0 Å². The molecule has 1 aliphatic carbocycles. The van der Waals surface area contributed by atoms with E-state index in [4.69, 9.17) is 0 Å². The van der Waals surface area contributed by atoms with Gasteiger partial charge < -0.3 is 0 Å². The molecule has 0 N–H and O–H groups in total. The van der Waals surface area contributed by atoms with Crippen LogP contribution in [0.1, 0.15) is 121 Å². The summed E-state index contributed by atoms with van der Waals surface area (Å²) in [5.74, 6) is 0. The van der Waals surface area contributed by atoms with Crippen molar-refractivity contribution in [1.29, 1.82) is 0 Å². The van der Waals surface area contributed by atoms with Crippen molar-refractivity contribution in [3.05, 3.63) is 70.3 Å². The third-order valence-corrected chi connectivity index (χ3v) is 7.48. The van der Waals surface area contributed by atoms with Crippen LogP contribution in [0.25, 0.3) is 11.6 Å². The molecule has 0 unspecified atom stereocenters. The van der Waals surface area contributed by atoms with Gasteiger partial charge >= 0.3 is 0 Å². The molecule has 0 saturated carbocycles. The summed E-state index contributed by atoms with van der Waals surface area (Å²) in [5.41, 5.74) is 9.43. The van der Waals surface area contributed by atoms with Crippen LogP contribution < -0.4 is 0 Å². The first-order chi connectivity index (χ1) is 14.7. The van der Waals surface area contributed by atoms with Crippen LogP contribution in [0.15, 0.2) is 42.5 Å². The monoisotopic (exact) mass is 416 g/mol. The first-order valence-corrected chi connectivity index (χ1v) is 12.7. The topological polar surface area (TPSA) is 0 Å². The molecular formula is C31H44. The maximum Gasteiger partial charge on any atom is -0.0100 e. The Balaban J connectivity index is 1.97. The summed E-state index contributed by atoms with van der Waals surface area (Å²) in [6, 6.07) is 16.0. The summed E-state index contributed by atoms with van der Waals surface area (Å²) in [5, 5.41) is 0. The highest BCUT2D eigenvalue weighted by Gasteiger charge is 2.37. The van der Waals surface area contributed by atoms with E-state index >= 15 is 0 Å². The van der Waals surface area contributed by atoms with E-state index in [2.05, 4.69) is 90.1 Å². The van der Waals surface area contributed by atoms with Crippen LogP contribution in [0.3, 0.4) is 0 Å². The number of fused-ring (bicyclic) bond motifs is 1. The second-order valence-electron chi connectivity index (χ2n) is 11.1. The lowest BCUT2D eigenvalue weighted by Gasteiger charge is -2.42. The zero-order valence-corrected chi connectivity index (χ0v) is 21.0. The standard InChI is InChI=1S/C31H44/c1-7-8-9-10-11-15-18-26-22-28-29(31(5,6)20-19-30(28,3)4)23-27(26)24(2)21-25-16-13-12-14-17-25/h12-14,16-17,21-23H,7-11,15,18-20H2,1-6H3/b24-21+. The molecule has 0 atom stereocenters. The van der Waals surface area contributed by atoms with Crippen LogP contribution >= 0.6 is 0 Å². The molecule has 0 heteroatoms. The van der Waals surface area contributed by atoms with Gasteiger partial charge in [0.15, 0.2) is 0 Å². The molecule has 0 radical (unpaired) electrons. The molecule has 31 heavy (non-hydrogen) atoms. The summed E-state index contributed by atoms with van der Waals surface area (Å²) in [4.78, 5) is 0. The van der Waals surface area contributed by atoms with Crippen LogP contribution in [-0.2, 0) is 17.3 Å². The van der Waals surface area contributed by atoms with Crippen molar-refractivity contribution in [2.45, 2.75) is 110 Å².